The molecule has 0 spiro atoms. The van der Waals surface area contributed by atoms with Crippen LogP contribution < -0.4 is 5.32 Å². The quantitative estimate of drug-likeness (QED) is 0.769. The fraction of sp³-hybridized carbons (Fsp3) is 0.455. The van der Waals surface area contributed by atoms with Gasteiger partial charge in [-0.25, -0.2) is 0 Å². The highest BCUT2D eigenvalue weighted by molar-refractivity contribution is 5.95. The van der Waals surface area contributed by atoms with Gasteiger partial charge in [-0.05, 0) is 38.8 Å². The average molecular weight is 190 g/mol. The maximum Gasteiger partial charge on any atom is 0.253 e. The topological polar surface area (TPSA) is 42.0 Å². The Morgan fingerprint density at radius 1 is 1.43 bits per heavy atom. The number of carbonyl (C=O) groups excluding carboxylic acids is 1. The van der Waals surface area contributed by atoms with Gasteiger partial charge in [0.2, 0.25) is 0 Å². The molecule has 0 bridgehead atoms. The molecule has 0 aromatic carbocycles. The third-order valence-electron chi connectivity index (χ3n) is 2.38. The first-order chi connectivity index (χ1) is 6.66. The highest BCUT2D eigenvalue weighted by Gasteiger charge is 2.24. The van der Waals surface area contributed by atoms with Crippen LogP contribution in [0.1, 0.15) is 34.6 Å². The van der Waals surface area contributed by atoms with Gasteiger partial charge in [-0.2, -0.15) is 0 Å². The van der Waals surface area contributed by atoms with E-state index in [1.807, 2.05) is 26.0 Å². The molecule has 1 heterocycles. The minimum Gasteiger partial charge on any atom is -0.349 e. The maximum absolute atomic E-state index is 11.7. The lowest BCUT2D eigenvalue weighted by molar-refractivity contribution is 0.0950. The Morgan fingerprint density at radius 3 is 2.71 bits per heavy atom. The van der Waals surface area contributed by atoms with Gasteiger partial charge >= 0.3 is 0 Å². The first-order valence-corrected chi connectivity index (χ1v) is 4.92. The van der Waals surface area contributed by atoms with E-state index in [9.17, 15) is 4.79 Å². The summed E-state index contributed by atoms with van der Waals surface area (Å²) in [7, 11) is 0. The molecule has 0 saturated heterocycles. The summed E-state index contributed by atoms with van der Waals surface area (Å²) in [5.74, 6) is 0.0116. The largest absolute Gasteiger partial charge is 0.349 e. The molecule has 74 valence electrons. The van der Waals surface area contributed by atoms with Crippen LogP contribution in [0.3, 0.4) is 0 Å². The van der Waals surface area contributed by atoms with E-state index < -0.39 is 0 Å². The van der Waals surface area contributed by atoms with Crippen molar-refractivity contribution in [3.05, 3.63) is 29.1 Å². The summed E-state index contributed by atoms with van der Waals surface area (Å²) in [6, 6.07) is 4.12. The molecule has 14 heavy (non-hydrogen) atoms. The second-order valence-electron chi connectivity index (χ2n) is 3.83. The van der Waals surface area contributed by atoms with Gasteiger partial charge in [-0.15, -0.1) is 0 Å². The van der Waals surface area contributed by atoms with E-state index in [0.717, 1.165) is 24.2 Å². The zero-order valence-corrected chi connectivity index (χ0v) is 8.50. The van der Waals surface area contributed by atoms with Gasteiger partial charge in [0.1, 0.15) is 0 Å². The first-order valence-electron chi connectivity index (χ1n) is 4.92. The number of nitrogens with zero attached hydrogens (tertiary/aromatic N) is 1. The van der Waals surface area contributed by atoms with E-state index in [1.54, 1.807) is 0 Å². The molecule has 0 radical (unpaired) electrons. The molecule has 1 saturated carbocycles. The van der Waals surface area contributed by atoms with E-state index >= 15 is 0 Å². The van der Waals surface area contributed by atoms with Crippen LogP contribution in [-0.4, -0.2) is 16.9 Å². The first kappa shape index (κ1) is 9.19. The van der Waals surface area contributed by atoms with Crippen molar-refractivity contribution in [2.75, 3.05) is 0 Å². The van der Waals surface area contributed by atoms with Crippen LogP contribution in [0.2, 0.25) is 0 Å². The van der Waals surface area contributed by atoms with Gasteiger partial charge in [0, 0.05) is 11.7 Å². The molecule has 0 aliphatic heterocycles. The van der Waals surface area contributed by atoms with Crippen LogP contribution in [0.25, 0.3) is 0 Å². The third-order valence-corrected chi connectivity index (χ3v) is 2.38. The Hall–Kier alpha value is -1.38. The molecule has 1 fully saturated rings. The minimum absolute atomic E-state index is 0.0116. The Bertz CT molecular complexity index is 370. The van der Waals surface area contributed by atoms with Crippen LogP contribution in [0.4, 0.5) is 0 Å². The molecule has 0 unspecified atom stereocenters. The van der Waals surface area contributed by atoms with Crippen molar-refractivity contribution >= 4 is 5.91 Å². The standard InChI is InChI=1S/C11H14N2O/c1-7-3-6-10(8(2)12-7)11(14)13-9-4-5-9/h3,6,9H,4-5H2,1-2H3,(H,13,14). The Labute approximate surface area is 83.5 Å². The zero-order chi connectivity index (χ0) is 10.1. The molecule has 3 nitrogen and oxygen atoms in total. The van der Waals surface area contributed by atoms with Gasteiger partial charge in [-0.1, -0.05) is 0 Å². The minimum atomic E-state index is 0.0116. The molecule has 1 aromatic rings. The van der Waals surface area contributed by atoms with Crippen molar-refractivity contribution in [1.29, 1.82) is 0 Å². The van der Waals surface area contributed by atoms with Crippen molar-refractivity contribution in [3.63, 3.8) is 0 Å². The van der Waals surface area contributed by atoms with Crippen molar-refractivity contribution in [2.45, 2.75) is 32.7 Å². The van der Waals surface area contributed by atoms with Crippen LogP contribution in [0.15, 0.2) is 12.1 Å². The fourth-order valence-corrected chi connectivity index (χ4v) is 1.42. The average Bonchev–Trinajstić information content (AvgIpc) is 2.87. The molecule has 2 rings (SSSR count). The normalized spacial score (nSPS) is 15.3. The molecule has 3 heteroatoms. The van der Waals surface area contributed by atoms with Gasteiger partial charge in [0.15, 0.2) is 0 Å². The second-order valence-corrected chi connectivity index (χ2v) is 3.83. The number of carbonyl (C=O) groups is 1. The number of rotatable bonds is 2. The molecule has 1 N–H and O–H groups in total. The number of hydrogen-bond donors (Lipinski definition) is 1. The smallest absolute Gasteiger partial charge is 0.253 e. The Kier molecular flexibility index (Phi) is 2.23. The lowest BCUT2D eigenvalue weighted by Crippen LogP contribution is -2.26. The van der Waals surface area contributed by atoms with E-state index in [-0.39, 0.29) is 5.91 Å². The van der Waals surface area contributed by atoms with Crippen molar-refractivity contribution in [1.82, 2.24) is 10.3 Å². The maximum atomic E-state index is 11.7. The predicted octanol–water partition coefficient (Wildman–Crippen LogP) is 1.59. The highest BCUT2D eigenvalue weighted by atomic mass is 16.1. The number of aryl methyl sites for hydroxylation is 2. The van der Waals surface area contributed by atoms with Gasteiger partial charge in [0.25, 0.3) is 5.91 Å². The number of pyridine rings is 1. The summed E-state index contributed by atoms with van der Waals surface area (Å²) in [5, 5.41) is 2.95. The van der Waals surface area contributed by atoms with Gasteiger partial charge in [-0.3, -0.25) is 9.78 Å². The van der Waals surface area contributed by atoms with Crippen LogP contribution in [-0.2, 0) is 0 Å². The summed E-state index contributed by atoms with van der Waals surface area (Å²) in [6.07, 6.45) is 2.23. The zero-order valence-electron chi connectivity index (χ0n) is 8.50. The van der Waals surface area contributed by atoms with Crippen LogP contribution >= 0.6 is 0 Å². The van der Waals surface area contributed by atoms with Gasteiger partial charge in [0.05, 0.1) is 11.3 Å². The van der Waals surface area contributed by atoms with Crippen LogP contribution in [0.5, 0.6) is 0 Å². The monoisotopic (exact) mass is 190 g/mol. The van der Waals surface area contributed by atoms with Crippen molar-refractivity contribution in [2.24, 2.45) is 0 Å². The molecule has 1 aliphatic rings. The number of hydrogen-bond acceptors (Lipinski definition) is 2. The van der Waals surface area contributed by atoms with E-state index in [4.69, 9.17) is 0 Å². The molecular formula is C11H14N2O. The number of nitrogens with one attached hydrogen (secondary N) is 1. The SMILES string of the molecule is Cc1ccc(C(=O)NC2CC2)c(C)n1. The summed E-state index contributed by atoms with van der Waals surface area (Å²) < 4.78 is 0. The summed E-state index contributed by atoms with van der Waals surface area (Å²) in [5.41, 5.74) is 2.45. The highest BCUT2D eigenvalue weighted by Crippen LogP contribution is 2.19. The van der Waals surface area contributed by atoms with E-state index in [1.165, 1.54) is 0 Å². The molecule has 1 aliphatic carbocycles. The lowest BCUT2D eigenvalue weighted by Gasteiger charge is -2.06. The number of amides is 1. The van der Waals surface area contributed by atoms with Crippen molar-refractivity contribution < 1.29 is 4.79 Å². The third kappa shape index (κ3) is 1.92. The summed E-state index contributed by atoms with van der Waals surface area (Å²) in [4.78, 5) is 15.9. The Balaban J connectivity index is 2.17. The molecular weight excluding hydrogens is 176 g/mol. The molecule has 1 aromatic heterocycles. The molecule has 1 amide bonds. The lowest BCUT2D eigenvalue weighted by atomic mass is 10.2. The van der Waals surface area contributed by atoms with Crippen LogP contribution in [0, 0.1) is 13.8 Å². The number of aromatic nitrogens is 1. The molecule has 0 atom stereocenters. The summed E-state index contributed by atoms with van der Waals surface area (Å²) >= 11 is 0. The Morgan fingerprint density at radius 2 is 2.14 bits per heavy atom. The van der Waals surface area contributed by atoms with E-state index in [2.05, 4.69) is 10.3 Å². The van der Waals surface area contributed by atoms with Crippen molar-refractivity contribution in [3.8, 4) is 0 Å². The predicted molar refractivity (Wildman–Crippen MR) is 54.2 cm³/mol. The van der Waals surface area contributed by atoms with Gasteiger partial charge < -0.3 is 5.32 Å². The summed E-state index contributed by atoms with van der Waals surface area (Å²) in [6.45, 7) is 3.80. The van der Waals surface area contributed by atoms with E-state index in [0.29, 0.717) is 11.6 Å². The fourth-order valence-electron chi connectivity index (χ4n) is 1.42. The second kappa shape index (κ2) is 3.40.